The summed E-state index contributed by atoms with van der Waals surface area (Å²) in [5.41, 5.74) is 1.15. The minimum atomic E-state index is 0.979. The first-order chi connectivity index (χ1) is 7.34. The van der Waals surface area contributed by atoms with Crippen LogP contribution in [0.4, 0.5) is 5.69 Å². The predicted octanol–water partition coefficient (Wildman–Crippen LogP) is 3.68. The lowest BCUT2D eigenvalue weighted by molar-refractivity contribution is 0.731. The molecule has 0 fully saturated rings. The van der Waals surface area contributed by atoms with Gasteiger partial charge in [-0.2, -0.15) is 0 Å². The monoisotopic (exact) mass is 314 g/mol. The Balaban J connectivity index is 2.01. The molecule has 0 aliphatic carbocycles. The Bertz CT molecular complexity index is 343. The van der Waals surface area contributed by atoms with Crippen molar-refractivity contribution in [2.24, 2.45) is 4.99 Å². The zero-order valence-corrected chi connectivity index (χ0v) is 10.8. The molecule has 1 N–H and O–H groups in total. The van der Waals surface area contributed by atoms with E-state index in [-0.39, 0.29) is 0 Å². The molecular formula is C12H15IN2. The van der Waals surface area contributed by atoms with Gasteiger partial charge in [0.2, 0.25) is 0 Å². The van der Waals surface area contributed by atoms with Crippen molar-refractivity contribution in [3.63, 3.8) is 0 Å². The zero-order valence-electron chi connectivity index (χ0n) is 8.67. The van der Waals surface area contributed by atoms with Crippen molar-refractivity contribution in [1.29, 1.82) is 0 Å². The highest BCUT2D eigenvalue weighted by Crippen LogP contribution is 2.14. The number of hydrogen-bond donors (Lipinski definition) is 1. The molecule has 3 heteroatoms. The van der Waals surface area contributed by atoms with E-state index < -0.39 is 0 Å². The molecule has 1 aromatic rings. The van der Waals surface area contributed by atoms with Crippen LogP contribution < -0.4 is 5.32 Å². The van der Waals surface area contributed by atoms with Crippen LogP contribution in [0.25, 0.3) is 0 Å². The minimum absolute atomic E-state index is 0.979. The molecule has 0 spiro atoms. The Kier molecular flexibility index (Phi) is 4.00. The van der Waals surface area contributed by atoms with E-state index in [9.17, 15) is 0 Å². The van der Waals surface area contributed by atoms with Crippen LogP contribution in [0.1, 0.15) is 25.7 Å². The Hall–Kier alpha value is -0.580. The molecule has 2 nitrogen and oxygen atoms in total. The molecule has 1 aliphatic rings. The topological polar surface area (TPSA) is 24.4 Å². The number of rotatable bonds is 1. The van der Waals surface area contributed by atoms with Gasteiger partial charge < -0.3 is 5.32 Å². The van der Waals surface area contributed by atoms with E-state index in [2.05, 4.69) is 57.2 Å². The van der Waals surface area contributed by atoms with Gasteiger partial charge in [-0.05, 0) is 59.7 Å². The van der Waals surface area contributed by atoms with Crippen molar-refractivity contribution in [1.82, 2.24) is 0 Å². The van der Waals surface area contributed by atoms with Gasteiger partial charge in [0, 0.05) is 22.2 Å². The zero-order chi connectivity index (χ0) is 10.5. The van der Waals surface area contributed by atoms with E-state index in [0.717, 1.165) is 24.5 Å². The van der Waals surface area contributed by atoms with E-state index in [0.29, 0.717) is 0 Å². The third-order valence-electron chi connectivity index (χ3n) is 2.51. The maximum atomic E-state index is 4.54. The van der Waals surface area contributed by atoms with E-state index in [4.69, 9.17) is 0 Å². The van der Waals surface area contributed by atoms with E-state index >= 15 is 0 Å². The third kappa shape index (κ3) is 3.48. The number of aliphatic imine (C=N–C) groups is 1. The van der Waals surface area contributed by atoms with Crippen LogP contribution in [-0.4, -0.2) is 12.4 Å². The molecule has 80 valence electrons. The highest BCUT2D eigenvalue weighted by molar-refractivity contribution is 14.1. The molecule has 1 aromatic carbocycles. The number of anilines is 1. The minimum Gasteiger partial charge on any atom is -0.344 e. The summed E-state index contributed by atoms with van der Waals surface area (Å²) in [4.78, 5) is 4.54. The van der Waals surface area contributed by atoms with Gasteiger partial charge in [-0.15, -0.1) is 0 Å². The maximum Gasteiger partial charge on any atom is 0.101 e. The highest BCUT2D eigenvalue weighted by atomic mass is 127. The van der Waals surface area contributed by atoms with Crippen molar-refractivity contribution >= 4 is 34.1 Å². The van der Waals surface area contributed by atoms with Gasteiger partial charge in [0.1, 0.15) is 5.84 Å². The second kappa shape index (κ2) is 5.49. The molecule has 0 bridgehead atoms. The van der Waals surface area contributed by atoms with Crippen LogP contribution in [0.3, 0.4) is 0 Å². The summed E-state index contributed by atoms with van der Waals surface area (Å²) in [5, 5.41) is 3.39. The number of hydrogen-bond acceptors (Lipinski definition) is 2. The number of benzene rings is 1. The second-order valence-corrected chi connectivity index (χ2v) is 5.02. The number of nitrogens with one attached hydrogen (secondary N) is 1. The standard InChI is InChI=1S/C12H15IN2/c13-10-5-7-11(8-6-10)15-12-4-2-1-3-9-14-12/h5-8H,1-4,9H2,(H,14,15). The molecule has 1 aliphatic heterocycles. The molecule has 0 amide bonds. The van der Waals surface area contributed by atoms with Crippen LogP contribution >= 0.6 is 22.6 Å². The smallest absolute Gasteiger partial charge is 0.101 e. The summed E-state index contributed by atoms with van der Waals surface area (Å²) in [6, 6.07) is 8.44. The SMILES string of the molecule is Ic1ccc(NC2=NCCCCC2)cc1. The Labute approximate surface area is 104 Å². The van der Waals surface area contributed by atoms with Gasteiger partial charge in [-0.25, -0.2) is 0 Å². The first-order valence-electron chi connectivity index (χ1n) is 5.40. The van der Waals surface area contributed by atoms with Crippen molar-refractivity contribution in [2.75, 3.05) is 11.9 Å². The van der Waals surface area contributed by atoms with Gasteiger partial charge >= 0.3 is 0 Å². The average molecular weight is 314 g/mol. The first-order valence-corrected chi connectivity index (χ1v) is 6.48. The second-order valence-electron chi connectivity index (χ2n) is 3.77. The fraction of sp³-hybridized carbons (Fsp3) is 0.417. The summed E-state index contributed by atoms with van der Waals surface area (Å²) in [7, 11) is 0. The summed E-state index contributed by atoms with van der Waals surface area (Å²) >= 11 is 2.32. The van der Waals surface area contributed by atoms with Crippen molar-refractivity contribution < 1.29 is 0 Å². The number of amidine groups is 1. The van der Waals surface area contributed by atoms with Gasteiger partial charge in [-0.3, -0.25) is 4.99 Å². The fourth-order valence-corrected chi connectivity index (χ4v) is 2.04. The molecule has 0 radical (unpaired) electrons. The van der Waals surface area contributed by atoms with Crippen LogP contribution in [0.5, 0.6) is 0 Å². The lowest BCUT2D eigenvalue weighted by Crippen LogP contribution is -2.11. The van der Waals surface area contributed by atoms with Crippen LogP contribution in [0, 0.1) is 3.57 Å². The molecular weight excluding hydrogens is 299 g/mol. The van der Waals surface area contributed by atoms with E-state index in [1.54, 1.807) is 0 Å². The van der Waals surface area contributed by atoms with Gasteiger partial charge in [-0.1, -0.05) is 6.42 Å². The number of nitrogens with zero attached hydrogens (tertiary/aromatic N) is 1. The van der Waals surface area contributed by atoms with Gasteiger partial charge in [0.05, 0.1) is 0 Å². The molecule has 0 atom stereocenters. The van der Waals surface area contributed by atoms with E-state index in [1.807, 2.05) is 0 Å². The molecule has 0 unspecified atom stereocenters. The van der Waals surface area contributed by atoms with Crippen LogP contribution in [0.2, 0.25) is 0 Å². The molecule has 0 saturated carbocycles. The average Bonchev–Trinajstić information content (AvgIpc) is 2.50. The van der Waals surface area contributed by atoms with Gasteiger partial charge in [0.25, 0.3) is 0 Å². The van der Waals surface area contributed by atoms with Crippen molar-refractivity contribution in [3.8, 4) is 0 Å². The predicted molar refractivity (Wildman–Crippen MR) is 73.6 cm³/mol. The molecule has 0 saturated heterocycles. The summed E-state index contributed by atoms with van der Waals surface area (Å²) < 4.78 is 1.26. The maximum absolute atomic E-state index is 4.54. The molecule has 1 heterocycles. The fourth-order valence-electron chi connectivity index (χ4n) is 1.68. The first kappa shape index (κ1) is 10.9. The Morgan fingerprint density at radius 3 is 2.67 bits per heavy atom. The van der Waals surface area contributed by atoms with E-state index in [1.165, 1.54) is 22.8 Å². The summed E-state index contributed by atoms with van der Waals surface area (Å²) in [6.07, 6.45) is 4.89. The highest BCUT2D eigenvalue weighted by Gasteiger charge is 2.03. The summed E-state index contributed by atoms with van der Waals surface area (Å²) in [5.74, 6) is 1.15. The lowest BCUT2D eigenvalue weighted by atomic mass is 10.2. The number of halogens is 1. The largest absolute Gasteiger partial charge is 0.344 e. The van der Waals surface area contributed by atoms with Crippen molar-refractivity contribution in [2.45, 2.75) is 25.7 Å². The molecule has 0 aromatic heterocycles. The third-order valence-corrected chi connectivity index (χ3v) is 3.23. The Morgan fingerprint density at radius 2 is 1.87 bits per heavy atom. The Morgan fingerprint density at radius 1 is 1.07 bits per heavy atom. The van der Waals surface area contributed by atoms with Crippen molar-refractivity contribution in [3.05, 3.63) is 27.8 Å². The lowest BCUT2D eigenvalue weighted by Gasteiger charge is -2.07. The van der Waals surface area contributed by atoms with Gasteiger partial charge in [0.15, 0.2) is 0 Å². The quantitative estimate of drug-likeness (QED) is 0.786. The molecule has 2 rings (SSSR count). The van der Waals surface area contributed by atoms with Crippen LogP contribution in [0.15, 0.2) is 29.3 Å². The summed E-state index contributed by atoms with van der Waals surface area (Å²) in [6.45, 7) is 0.979. The molecule has 15 heavy (non-hydrogen) atoms. The van der Waals surface area contributed by atoms with Crippen LogP contribution in [-0.2, 0) is 0 Å². The normalized spacial score (nSPS) is 16.7.